The van der Waals surface area contributed by atoms with Crippen molar-refractivity contribution in [1.29, 1.82) is 0 Å². The topological polar surface area (TPSA) is 59.6 Å². The SMILES string of the molecule is Cc1ccc(NC(N)=NCC2(c3ccccc3Cl)CCOCC2)cc1C. The number of aryl methyl sites for hydroxylation is 2. The average Bonchev–Trinajstić information content (AvgIpc) is 2.64. The Kier molecular flexibility index (Phi) is 5.84. The number of nitrogens with zero attached hydrogens (tertiary/aromatic N) is 1. The Balaban J connectivity index is 1.79. The molecule has 0 radical (unpaired) electrons. The van der Waals surface area contributed by atoms with Crippen LogP contribution in [0.3, 0.4) is 0 Å². The number of benzene rings is 2. The molecule has 1 fully saturated rings. The van der Waals surface area contributed by atoms with Crippen LogP contribution in [0.1, 0.15) is 29.5 Å². The lowest BCUT2D eigenvalue weighted by atomic mass is 9.74. The van der Waals surface area contributed by atoms with Crippen LogP contribution in [-0.4, -0.2) is 25.7 Å². The average molecular weight is 372 g/mol. The first-order chi connectivity index (χ1) is 12.5. The van der Waals surface area contributed by atoms with Crippen LogP contribution in [0.5, 0.6) is 0 Å². The van der Waals surface area contributed by atoms with Crippen molar-refractivity contribution in [1.82, 2.24) is 0 Å². The summed E-state index contributed by atoms with van der Waals surface area (Å²) in [4.78, 5) is 4.65. The van der Waals surface area contributed by atoms with E-state index in [1.807, 2.05) is 24.3 Å². The number of rotatable bonds is 4. The van der Waals surface area contributed by atoms with E-state index < -0.39 is 0 Å². The Morgan fingerprint density at radius 3 is 2.58 bits per heavy atom. The van der Waals surface area contributed by atoms with E-state index in [0.717, 1.165) is 29.1 Å². The number of guanidine groups is 1. The van der Waals surface area contributed by atoms with Crippen LogP contribution in [0.4, 0.5) is 5.69 Å². The summed E-state index contributed by atoms with van der Waals surface area (Å²) >= 11 is 6.49. The van der Waals surface area contributed by atoms with E-state index in [2.05, 4.69) is 42.4 Å². The van der Waals surface area contributed by atoms with Gasteiger partial charge in [0.25, 0.3) is 0 Å². The van der Waals surface area contributed by atoms with Gasteiger partial charge in [-0.25, -0.2) is 0 Å². The van der Waals surface area contributed by atoms with Crippen molar-refractivity contribution in [2.24, 2.45) is 10.7 Å². The molecule has 1 aliphatic rings. The zero-order valence-electron chi connectivity index (χ0n) is 15.4. The van der Waals surface area contributed by atoms with Gasteiger partial charge in [0.1, 0.15) is 0 Å². The van der Waals surface area contributed by atoms with Crippen LogP contribution in [0.2, 0.25) is 5.02 Å². The summed E-state index contributed by atoms with van der Waals surface area (Å²) in [5.74, 6) is 0.422. The largest absolute Gasteiger partial charge is 0.381 e. The van der Waals surface area contributed by atoms with E-state index >= 15 is 0 Å². The van der Waals surface area contributed by atoms with Crippen LogP contribution in [0, 0.1) is 13.8 Å². The maximum Gasteiger partial charge on any atom is 0.193 e. The smallest absolute Gasteiger partial charge is 0.193 e. The highest BCUT2D eigenvalue weighted by Crippen LogP contribution is 2.38. The molecule has 2 aromatic carbocycles. The number of hydrogen-bond acceptors (Lipinski definition) is 2. The highest BCUT2D eigenvalue weighted by Gasteiger charge is 2.35. The Bertz CT molecular complexity index is 798. The molecule has 0 aromatic heterocycles. The third-order valence-electron chi connectivity index (χ3n) is 5.23. The number of anilines is 1. The van der Waals surface area contributed by atoms with Gasteiger partial charge in [-0.2, -0.15) is 0 Å². The van der Waals surface area contributed by atoms with Crippen LogP contribution in [0.25, 0.3) is 0 Å². The third-order valence-corrected chi connectivity index (χ3v) is 5.56. The summed E-state index contributed by atoms with van der Waals surface area (Å²) in [5, 5.41) is 3.98. The Morgan fingerprint density at radius 1 is 1.15 bits per heavy atom. The van der Waals surface area contributed by atoms with Crippen molar-refractivity contribution in [2.45, 2.75) is 32.1 Å². The van der Waals surface area contributed by atoms with Crippen molar-refractivity contribution >= 4 is 23.2 Å². The van der Waals surface area contributed by atoms with E-state index in [9.17, 15) is 0 Å². The summed E-state index contributed by atoms with van der Waals surface area (Å²) in [6, 6.07) is 14.2. The quantitative estimate of drug-likeness (QED) is 0.617. The molecule has 0 amide bonds. The monoisotopic (exact) mass is 371 g/mol. The van der Waals surface area contributed by atoms with Gasteiger partial charge in [-0.05, 0) is 61.6 Å². The molecular weight excluding hydrogens is 346 g/mol. The summed E-state index contributed by atoms with van der Waals surface area (Å²) < 4.78 is 5.57. The zero-order valence-corrected chi connectivity index (χ0v) is 16.1. The molecule has 138 valence electrons. The van der Waals surface area contributed by atoms with E-state index in [1.54, 1.807) is 0 Å². The molecule has 1 saturated heterocycles. The van der Waals surface area contributed by atoms with Gasteiger partial charge in [0, 0.05) is 29.3 Å². The fourth-order valence-electron chi connectivity index (χ4n) is 3.41. The molecule has 0 bridgehead atoms. The van der Waals surface area contributed by atoms with Crippen molar-refractivity contribution in [3.63, 3.8) is 0 Å². The first kappa shape index (κ1) is 18.7. The van der Waals surface area contributed by atoms with E-state index in [4.69, 9.17) is 22.1 Å². The van der Waals surface area contributed by atoms with Gasteiger partial charge in [0.15, 0.2) is 5.96 Å². The van der Waals surface area contributed by atoms with Crippen LogP contribution in [0.15, 0.2) is 47.5 Å². The van der Waals surface area contributed by atoms with Crippen molar-refractivity contribution in [3.05, 3.63) is 64.2 Å². The molecule has 4 nitrogen and oxygen atoms in total. The van der Waals surface area contributed by atoms with Gasteiger partial charge in [-0.1, -0.05) is 35.9 Å². The molecule has 1 aliphatic heterocycles. The molecule has 2 aromatic rings. The first-order valence-corrected chi connectivity index (χ1v) is 9.35. The van der Waals surface area contributed by atoms with Crippen molar-refractivity contribution in [2.75, 3.05) is 25.1 Å². The maximum atomic E-state index is 6.49. The fraction of sp³-hybridized carbons (Fsp3) is 0.381. The molecule has 26 heavy (non-hydrogen) atoms. The van der Waals surface area contributed by atoms with E-state index in [-0.39, 0.29) is 5.41 Å². The Hall–Kier alpha value is -2.04. The maximum absolute atomic E-state index is 6.49. The highest BCUT2D eigenvalue weighted by molar-refractivity contribution is 6.31. The van der Waals surface area contributed by atoms with Crippen LogP contribution >= 0.6 is 11.6 Å². The van der Waals surface area contributed by atoms with Gasteiger partial charge in [0.2, 0.25) is 0 Å². The second kappa shape index (κ2) is 8.11. The molecule has 0 saturated carbocycles. The van der Waals surface area contributed by atoms with Gasteiger partial charge in [-0.15, -0.1) is 0 Å². The minimum absolute atomic E-state index is 0.133. The number of nitrogens with one attached hydrogen (secondary N) is 1. The third kappa shape index (κ3) is 4.19. The standard InChI is InChI=1S/C21H26ClN3O/c1-15-7-8-17(13-16(15)2)25-20(23)24-14-21(9-11-26-12-10-21)18-5-3-4-6-19(18)22/h3-8,13H,9-12,14H2,1-2H3,(H3,23,24,25). The lowest BCUT2D eigenvalue weighted by Gasteiger charge is -2.37. The number of nitrogens with two attached hydrogens (primary N) is 1. The second-order valence-corrected chi connectivity index (χ2v) is 7.41. The number of aliphatic imine (C=N–C) groups is 1. The lowest BCUT2D eigenvalue weighted by Crippen LogP contribution is -2.38. The van der Waals surface area contributed by atoms with Gasteiger partial charge >= 0.3 is 0 Å². The van der Waals surface area contributed by atoms with Crippen molar-refractivity contribution in [3.8, 4) is 0 Å². The molecule has 0 unspecified atom stereocenters. The summed E-state index contributed by atoms with van der Waals surface area (Å²) in [6.45, 7) is 6.19. The fourth-order valence-corrected chi connectivity index (χ4v) is 3.75. The molecule has 3 rings (SSSR count). The molecular formula is C21H26ClN3O. The molecule has 5 heteroatoms. The minimum atomic E-state index is -0.133. The number of halogens is 1. The first-order valence-electron chi connectivity index (χ1n) is 8.97. The van der Waals surface area contributed by atoms with Crippen LogP contribution < -0.4 is 11.1 Å². The number of ether oxygens (including phenoxy) is 1. The second-order valence-electron chi connectivity index (χ2n) is 7.00. The summed E-state index contributed by atoms with van der Waals surface area (Å²) in [7, 11) is 0. The van der Waals surface area contributed by atoms with E-state index in [1.165, 1.54) is 11.1 Å². The summed E-state index contributed by atoms with van der Waals surface area (Å²) in [6.07, 6.45) is 1.77. The Labute approximate surface area is 160 Å². The molecule has 0 spiro atoms. The lowest BCUT2D eigenvalue weighted by molar-refractivity contribution is 0.0532. The predicted octanol–water partition coefficient (Wildman–Crippen LogP) is 4.43. The molecule has 0 aliphatic carbocycles. The summed E-state index contributed by atoms with van der Waals surface area (Å²) in [5.41, 5.74) is 10.6. The number of hydrogen-bond donors (Lipinski definition) is 2. The van der Waals surface area contributed by atoms with Gasteiger partial charge < -0.3 is 15.8 Å². The normalized spacial score (nSPS) is 17.1. The van der Waals surface area contributed by atoms with Crippen molar-refractivity contribution < 1.29 is 4.74 Å². The molecule has 3 N–H and O–H groups in total. The highest BCUT2D eigenvalue weighted by atomic mass is 35.5. The van der Waals surface area contributed by atoms with Gasteiger partial charge in [-0.3, -0.25) is 4.99 Å². The van der Waals surface area contributed by atoms with Gasteiger partial charge in [0.05, 0.1) is 6.54 Å². The Morgan fingerprint density at radius 2 is 1.88 bits per heavy atom. The minimum Gasteiger partial charge on any atom is -0.381 e. The zero-order chi connectivity index (χ0) is 18.6. The molecule has 0 atom stereocenters. The van der Waals surface area contributed by atoms with E-state index in [0.29, 0.717) is 25.7 Å². The predicted molar refractivity (Wildman–Crippen MR) is 109 cm³/mol. The van der Waals surface area contributed by atoms with Crippen LogP contribution in [-0.2, 0) is 10.2 Å². The molecule has 1 heterocycles.